The fourth-order valence-corrected chi connectivity index (χ4v) is 2.12. The first kappa shape index (κ1) is 19.7. The minimum Gasteiger partial charge on any atom is -0.356 e. The summed E-state index contributed by atoms with van der Waals surface area (Å²) < 4.78 is 1.67. The molecule has 0 atom stereocenters. The van der Waals surface area contributed by atoms with Crippen LogP contribution in [0.4, 0.5) is 5.69 Å². The summed E-state index contributed by atoms with van der Waals surface area (Å²) in [5.41, 5.74) is 1.04. The van der Waals surface area contributed by atoms with E-state index in [0.29, 0.717) is 17.9 Å². The lowest BCUT2D eigenvalue weighted by atomic mass is 10.3. The summed E-state index contributed by atoms with van der Waals surface area (Å²) >= 11 is 0. The van der Waals surface area contributed by atoms with Crippen molar-refractivity contribution in [3.63, 3.8) is 0 Å². The first-order valence-electron chi connectivity index (χ1n) is 7.93. The molecule has 0 radical (unpaired) electrons. The van der Waals surface area contributed by atoms with Gasteiger partial charge in [-0.1, -0.05) is 0 Å². The Balaban J connectivity index is 2.47. The molecule has 8 heteroatoms. The number of nitrogens with zero attached hydrogens (tertiary/aromatic N) is 2. The van der Waals surface area contributed by atoms with Gasteiger partial charge in [0.25, 0.3) is 5.91 Å². The van der Waals surface area contributed by atoms with Crippen molar-refractivity contribution in [3.8, 4) is 0 Å². The summed E-state index contributed by atoms with van der Waals surface area (Å²) in [5.74, 6) is -0.557. The number of aromatic nitrogens is 1. The number of anilines is 1. The number of aryl methyl sites for hydroxylation is 1. The van der Waals surface area contributed by atoms with Crippen LogP contribution in [0.5, 0.6) is 0 Å². The molecule has 0 aliphatic carbocycles. The summed E-state index contributed by atoms with van der Waals surface area (Å²) in [6.07, 6.45) is 2.74. The Kier molecular flexibility index (Phi) is 7.97. The van der Waals surface area contributed by atoms with Crippen LogP contribution in [0.25, 0.3) is 0 Å². The molecule has 0 saturated heterocycles. The fraction of sp³-hybridized carbons (Fsp3) is 0.562. The third-order valence-electron chi connectivity index (χ3n) is 3.32. The lowest BCUT2D eigenvalue weighted by Gasteiger charge is -2.10. The molecule has 3 amide bonds. The van der Waals surface area contributed by atoms with E-state index in [4.69, 9.17) is 0 Å². The second kappa shape index (κ2) is 9.71. The molecule has 1 aromatic heterocycles. The van der Waals surface area contributed by atoms with E-state index in [0.717, 1.165) is 13.0 Å². The maximum absolute atomic E-state index is 12.2. The Hall–Kier alpha value is -2.35. The van der Waals surface area contributed by atoms with Gasteiger partial charge in [-0.05, 0) is 33.1 Å². The molecule has 0 aliphatic heterocycles. The van der Waals surface area contributed by atoms with E-state index in [1.807, 2.05) is 14.1 Å². The summed E-state index contributed by atoms with van der Waals surface area (Å²) in [4.78, 5) is 36.8. The van der Waals surface area contributed by atoms with Gasteiger partial charge < -0.3 is 25.4 Å². The van der Waals surface area contributed by atoms with Crippen LogP contribution < -0.4 is 16.0 Å². The zero-order valence-electron chi connectivity index (χ0n) is 14.8. The number of carbonyl (C=O) groups is 3. The van der Waals surface area contributed by atoms with E-state index in [1.54, 1.807) is 23.9 Å². The third kappa shape index (κ3) is 7.28. The molecule has 0 aliphatic rings. The van der Waals surface area contributed by atoms with Crippen LogP contribution in [0, 0.1) is 0 Å². The minimum absolute atomic E-state index is 0.171. The number of carbonyl (C=O) groups excluding carboxylic acids is 3. The highest BCUT2D eigenvalue weighted by molar-refractivity contribution is 5.96. The van der Waals surface area contributed by atoms with Crippen LogP contribution >= 0.6 is 0 Å². The van der Waals surface area contributed by atoms with E-state index in [2.05, 4.69) is 20.9 Å². The topological polar surface area (TPSA) is 95.5 Å². The number of rotatable bonds is 9. The minimum atomic E-state index is -0.215. The predicted octanol–water partition coefficient (Wildman–Crippen LogP) is 0.171. The zero-order chi connectivity index (χ0) is 18.1. The maximum atomic E-state index is 12.2. The van der Waals surface area contributed by atoms with Gasteiger partial charge in [0.05, 0.1) is 5.69 Å². The Morgan fingerprint density at radius 2 is 1.88 bits per heavy atom. The van der Waals surface area contributed by atoms with Gasteiger partial charge >= 0.3 is 0 Å². The lowest BCUT2D eigenvalue weighted by Crippen LogP contribution is -2.28. The van der Waals surface area contributed by atoms with E-state index in [1.165, 1.54) is 6.92 Å². The molecule has 0 fully saturated rings. The molecule has 24 heavy (non-hydrogen) atoms. The Bertz CT molecular complexity index is 580. The Labute approximate surface area is 142 Å². The van der Waals surface area contributed by atoms with Crippen LogP contribution in [0.2, 0.25) is 0 Å². The molecule has 0 unspecified atom stereocenters. The van der Waals surface area contributed by atoms with Crippen LogP contribution in [0.3, 0.4) is 0 Å². The number of nitrogens with one attached hydrogen (secondary N) is 3. The SMILES string of the molecule is CC(=O)NCCC(=O)Nc1cc(C(=O)NCCCN(C)C)n(C)c1. The van der Waals surface area contributed by atoms with Gasteiger partial charge in [-0.15, -0.1) is 0 Å². The van der Waals surface area contributed by atoms with Gasteiger partial charge in [0.2, 0.25) is 11.8 Å². The van der Waals surface area contributed by atoms with Crippen LogP contribution in [0.1, 0.15) is 30.3 Å². The summed E-state index contributed by atoms with van der Waals surface area (Å²) in [6, 6.07) is 1.64. The molecular weight excluding hydrogens is 310 g/mol. The average molecular weight is 337 g/mol. The second-order valence-corrected chi connectivity index (χ2v) is 5.92. The standard InChI is InChI=1S/C16H27N5O3/c1-12(22)17-8-6-15(23)19-13-10-14(21(4)11-13)16(24)18-7-5-9-20(2)3/h10-11H,5-9H2,1-4H3,(H,17,22)(H,18,24)(H,19,23). The Morgan fingerprint density at radius 3 is 2.50 bits per heavy atom. The lowest BCUT2D eigenvalue weighted by molar-refractivity contribution is -0.119. The Morgan fingerprint density at radius 1 is 1.17 bits per heavy atom. The molecule has 1 aromatic rings. The maximum Gasteiger partial charge on any atom is 0.267 e. The fourth-order valence-electron chi connectivity index (χ4n) is 2.12. The third-order valence-corrected chi connectivity index (χ3v) is 3.32. The van der Waals surface area contributed by atoms with Crippen molar-refractivity contribution >= 4 is 23.4 Å². The van der Waals surface area contributed by atoms with Gasteiger partial charge in [0.1, 0.15) is 5.69 Å². The first-order valence-corrected chi connectivity index (χ1v) is 7.93. The van der Waals surface area contributed by atoms with Crippen molar-refractivity contribution in [2.45, 2.75) is 19.8 Å². The highest BCUT2D eigenvalue weighted by Crippen LogP contribution is 2.13. The van der Waals surface area contributed by atoms with Crippen molar-refractivity contribution in [2.24, 2.45) is 7.05 Å². The first-order chi connectivity index (χ1) is 11.3. The zero-order valence-corrected chi connectivity index (χ0v) is 14.8. The predicted molar refractivity (Wildman–Crippen MR) is 92.8 cm³/mol. The number of hydrogen-bond acceptors (Lipinski definition) is 4. The molecule has 134 valence electrons. The molecule has 0 spiro atoms. The highest BCUT2D eigenvalue weighted by Gasteiger charge is 2.13. The summed E-state index contributed by atoms with van der Waals surface area (Å²) in [7, 11) is 5.72. The highest BCUT2D eigenvalue weighted by atomic mass is 16.2. The normalized spacial score (nSPS) is 10.5. The quantitative estimate of drug-likeness (QED) is 0.560. The van der Waals surface area contributed by atoms with Crippen molar-refractivity contribution in [1.29, 1.82) is 0 Å². The molecular formula is C16H27N5O3. The largest absolute Gasteiger partial charge is 0.356 e. The molecule has 1 rings (SSSR count). The molecule has 0 aromatic carbocycles. The number of amides is 3. The monoisotopic (exact) mass is 337 g/mol. The smallest absolute Gasteiger partial charge is 0.267 e. The van der Waals surface area contributed by atoms with Crippen LogP contribution in [-0.2, 0) is 16.6 Å². The van der Waals surface area contributed by atoms with E-state index in [9.17, 15) is 14.4 Å². The van der Waals surface area contributed by atoms with Crippen LogP contribution in [0.15, 0.2) is 12.3 Å². The summed E-state index contributed by atoms with van der Waals surface area (Å²) in [5, 5.41) is 8.14. The molecule has 8 nitrogen and oxygen atoms in total. The second-order valence-electron chi connectivity index (χ2n) is 5.92. The number of hydrogen-bond donors (Lipinski definition) is 3. The van der Waals surface area contributed by atoms with Crippen molar-refractivity contribution in [2.75, 3.05) is 39.0 Å². The molecule has 1 heterocycles. The molecule has 3 N–H and O–H groups in total. The van der Waals surface area contributed by atoms with Crippen molar-refractivity contribution < 1.29 is 14.4 Å². The average Bonchev–Trinajstić information content (AvgIpc) is 2.83. The van der Waals surface area contributed by atoms with Gasteiger partial charge in [-0.2, -0.15) is 0 Å². The van der Waals surface area contributed by atoms with E-state index in [-0.39, 0.29) is 30.7 Å². The molecule has 0 bridgehead atoms. The van der Waals surface area contributed by atoms with Crippen molar-refractivity contribution in [3.05, 3.63) is 18.0 Å². The van der Waals surface area contributed by atoms with E-state index >= 15 is 0 Å². The van der Waals surface area contributed by atoms with Gasteiger partial charge in [0, 0.05) is 39.7 Å². The van der Waals surface area contributed by atoms with Gasteiger partial charge in [0.15, 0.2) is 0 Å². The van der Waals surface area contributed by atoms with Crippen molar-refractivity contribution in [1.82, 2.24) is 20.1 Å². The van der Waals surface area contributed by atoms with Gasteiger partial charge in [-0.3, -0.25) is 14.4 Å². The molecule has 0 saturated carbocycles. The van der Waals surface area contributed by atoms with E-state index < -0.39 is 0 Å². The van der Waals surface area contributed by atoms with Gasteiger partial charge in [-0.25, -0.2) is 0 Å². The summed E-state index contributed by atoms with van der Waals surface area (Å²) in [6.45, 7) is 3.19. The van der Waals surface area contributed by atoms with Crippen LogP contribution in [-0.4, -0.2) is 60.9 Å².